The zero-order chi connectivity index (χ0) is 12.1. The zero-order valence-electron chi connectivity index (χ0n) is 9.02. The fraction of sp³-hybridized carbons (Fsp3) is 0.167. The van der Waals surface area contributed by atoms with Crippen molar-refractivity contribution >= 4 is 5.97 Å². The number of hydrogen-bond donors (Lipinski definition) is 1. The molecule has 0 saturated heterocycles. The summed E-state index contributed by atoms with van der Waals surface area (Å²) in [6.45, 7) is 0. The Bertz CT molecular complexity index is 448. The van der Waals surface area contributed by atoms with Crippen LogP contribution >= 0.6 is 0 Å². The lowest BCUT2D eigenvalue weighted by Crippen LogP contribution is -2.09. The Labute approximate surface area is 98.2 Å². The molecule has 2 heterocycles. The van der Waals surface area contributed by atoms with Gasteiger partial charge in [0.25, 0.3) is 0 Å². The molecule has 2 aromatic heterocycles. The van der Waals surface area contributed by atoms with Gasteiger partial charge in [-0.05, 0) is 17.7 Å². The highest BCUT2D eigenvalue weighted by molar-refractivity contribution is 5.68. The van der Waals surface area contributed by atoms with Gasteiger partial charge in [-0.3, -0.25) is 9.78 Å². The van der Waals surface area contributed by atoms with E-state index in [0.717, 1.165) is 5.56 Å². The molecule has 0 spiro atoms. The summed E-state index contributed by atoms with van der Waals surface area (Å²) >= 11 is 0. The third kappa shape index (κ3) is 2.84. The fourth-order valence-corrected chi connectivity index (χ4v) is 1.66. The van der Waals surface area contributed by atoms with Gasteiger partial charge in [0, 0.05) is 24.5 Å². The number of rotatable bonds is 4. The van der Waals surface area contributed by atoms with Crippen LogP contribution < -0.4 is 0 Å². The predicted molar refractivity (Wildman–Crippen MR) is 60.4 cm³/mol. The minimum atomic E-state index is -0.863. The second-order valence-electron chi connectivity index (χ2n) is 3.57. The molecule has 86 valence electrons. The molecule has 0 fully saturated rings. The third-order valence-electron chi connectivity index (χ3n) is 2.43. The average Bonchev–Trinajstić information content (AvgIpc) is 2.38. The first-order chi connectivity index (χ1) is 8.27. The molecule has 17 heavy (non-hydrogen) atoms. The van der Waals surface area contributed by atoms with Crippen LogP contribution in [0.25, 0.3) is 0 Å². The standard InChI is InChI=1S/C12H11N3O2/c16-12(17)6-10(9-2-1-4-13-7-9)11-3-5-14-8-15-11/h1-5,7-8,10H,6H2,(H,16,17). The molecule has 5 heteroatoms. The molecule has 0 aliphatic heterocycles. The van der Waals surface area contributed by atoms with E-state index in [1.54, 1.807) is 30.7 Å². The van der Waals surface area contributed by atoms with E-state index in [4.69, 9.17) is 5.11 Å². The number of aromatic nitrogens is 3. The summed E-state index contributed by atoms with van der Waals surface area (Å²) < 4.78 is 0. The molecule has 0 radical (unpaired) electrons. The number of pyridine rings is 1. The number of carboxylic acid groups (broad SMARTS) is 1. The fourth-order valence-electron chi connectivity index (χ4n) is 1.66. The van der Waals surface area contributed by atoms with Crippen molar-refractivity contribution in [3.05, 3.63) is 54.4 Å². The molecule has 0 amide bonds. The molecular formula is C12H11N3O2. The molecule has 1 atom stereocenters. The van der Waals surface area contributed by atoms with Gasteiger partial charge in [0.2, 0.25) is 0 Å². The van der Waals surface area contributed by atoms with Gasteiger partial charge >= 0.3 is 5.97 Å². The number of hydrogen-bond acceptors (Lipinski definition) is 4. The summed E-state index contributed by atoms with van der Waals surface area (Å²) in [7, 11) is 0. The van der Waals surface area contributed by atoms with Crippen LogP contribution in [0.5, 0.6) is 0 Å². The highest BCUT2D eigenvalue weighted by atomic mass is 16.4. The Hall–Kier alpha value is -2.30. The Balaban J connectivity index is 2.36. The molecule has 2 aromatic rings. The van der Waals surface area contributed by atoms with Crippen molar-refractivity contribution in [3.63, 3.8) is 0 Å². The largest absolute Gasteiger partial charge is 0.481 e. The molecule has 1 unspecified atom stereocenters. The van der Waals surface area contributed by atoms with Crippen LogP contribution in [0.15, 0.2) is 43.1 Å². The van der Waals surface area contributed by atoms with Crippen LogP contribution in [-0.4, -0.2) is 26.0 Å². The summed E-state index contributed by atoms with van der Waals surface area (Å²) in [5.74, 6) is -1.15. The Morgan fingerprint density at radius 3 is 2.76 bits per heavy atom. The van der Waals surface area contributed by atoms with Crippen LogP contribution in [0.3, 0.4) is 0 Å². The van der Waals surface area contributed by atoms with Gasteiger partial charge < -0.3 is 5.11 Å². The first-order valence-electron chi connectivity index (χ1n) is 5.15. The van der Waals surface area contributed by atoms with Gasteiger partial charge in [-0.25, -0.2) is 9.97 Å². The second kappa shape index (κ2) is 5.16. The highest BCUT2D eigenvalue weighted by Gasteiger charge is 2.18. The molecule has 2 rings (SSSR count). The van der Waals surface area contributed by atoms with Gasteiger partial charge in [0.05, 0.1) is 12.1 Å². The Kier molecular flexibility index (Phi) is 3.40. The molecule has 0 aromatic carbocycles. The quantitative estimate of drug-likeness (QED) is 0.859. The maximum absolute atomic E-state index is 10.9. The van der Waals surface area contributed by atoms with Crippen molar-refractivity contribution in [2.24, 2.45) is 0 Å². The Morgan fingerprint density at radius 2 is 2.18 bits per heavy atom. The van der Waals surface area contributed by atoms with Crippen molar-refractivity contribution in [2.75, 3.05) is 0 Å². The lowest BCUT2D eigenvalue weighted by Gasteiger charge is -2.13. The second-order valence-corrected chi connectivity index (χ2v) is 3.57. The van der Waals surface area contributed by atoms with Crippen LogP contribution in [-0.2, 0) is 4.79 Å². The van der Waals surface area contributed by atoms with E-state index in [1.807, 2.05) is 6.07 Å². The van der Waals surface area contributed by atoms with Gasteiger partial charge in [-0.15, -0.1) is 0 Å². The van der Waals surface area contributed by atoms with Gasteiger partial charge in [-0.2, -0.15) is 0 Å². The van der Waals surface area contributed by atoms with Crippen LogP contribution in [0.4, 0.5) is 0 Å². The minimum Gasteiger partial charge on any atom is -0.481 e. The normalized spacial score (nSPS) is 12.0. The SMILES string of the molecule is O=C(O)CC(c1cccnc1)c1ccncn1. The van der Waals surface area contributed by atoms with Crippen molar-refractivity contribution < 1.29 is 9.90 Å². The van der Waals surface area contributed by atoms with Crippen molar-refractivity contribution in [2.45, 2.75) is 12.3 Å². The van der Waals surface area contributed by atoms with Gasteiger partial charge in [-0.1, -0.05) is 6.07 Å². The van der Waals surface area contributed by atoms with Crippen molar-refractivity contribution in [1.29, 1.82) is 0 Å². The number of nitrogens with zero attached hydrogens (tertiary/aromatic N) is 3. The number of aliphatic carboxylic acids is 1. The summed E-state index contributed by atoms with van der Waals surface area (Å²) in [6, 6.07) is 5.36. The molecule has 0 aliphatic rings. The lowest BCUT2D eigenvalue weighted by atomic mass is 9.94. The van der Waals surface area contributed by atoms with Crippen molar-refractivity contribution in [3.8, 4) is 0 Å². The average molecular weight is 229 g/mol. The number of carbonyl (C=O) groups is 1. The zero-order valence-corrected chi connectivity index (χ0v) is 9.02. The smallest absolute Gasteiger partial charge is 0.304 e. The van der Waals surface area contributed by atoms with E-state index in [9.17, 15) is 4.79 Å². The monoisotopic (exact) mass is 229 g/mol. The topological polar surface area (TPSA) is 76.0 Å². The molecule has 0 bridgehead atoms. The molecule has 1 N–H and O–H groups in total. The third-order valence-corrected chi connectivity index (χ3v) is 2.43. The minimum absolute atomic E-state index is 0.0112. The predicted octanol–water partition coefficient (Wildman–Crippen LogP) is 1.48. The number of carboxylic acids is 1. The summed E-state index contributed by atoms with van der Waals surface area (Å²) in [6.07, 6.45) is 6.33. The van der Waals surface area contributed by atoms with E-state index in [2.05, 4.69) is 15.0 Å². The van der Waals surface area contributed by atoms with Crippen molar-refractivity contribution in [1.82, 2.24) is 15.0 Å². The first kappa shape index (κ1) is 11.2. The van der Waals surface area contributed by atoms with Gasteiger partial charge in [0.15, 0.2) is 0 Å². The summed E-state index contributed by atoms with van der Waals surface area (Å²) in [4.78, 5) is 22.8. The highest BCUT2D eigenvalue weighted by Crippen LogP contribution is 2.25. The van der Waals surface area contributed by atoms with E-state index in [-0.39, 0.29) is 12.3 Å². The summed E-state index contributed by atoms with van der Waals surface area (Å²) in [5, 5.41) is 8.94. The van der Waals surface area contributed by atoms with Crippen LogP contribution in [0, 0.1) is 0 Å². The molecule has 0 saturated carbocycles. The van der Waals surface area contributed by atoms with Crippen LogP contribution in [0.2, 0.25) is 0 Å². The molecular weight excluding hydrogens is 218 g/mol. The van der Waals surface area contributed by atoms with E-state index >= 15 is 0 Å². The maximum atomic E-state index is 10.9. The molecule has 0 aliphatic carbocycles. The van der Waals surface area contributed by atoms with Gasteiger partial charge in [0.1, 0.15) is 6.33 Å². The Morgan fingerprint density at radius 1 is 1.29 bits per heavy atom. The lowest BCUT2D eigenvalue weighted by molar-refractivity contribution is -0.137. The van der Waals surface area contributed by atoms with E-state index in [1.165, 1.54) is 6.33 Å². The maximum Gasteiger partial charge on any atom is 0.304 e. The van der Waals surface area contributed by atoms with Crippen LogP contribution in [0.1, 0.15) is 23.6 Å². The van der Waals surface area contributed by atoms with E-state index < -0.39 is 5.97 Å². The first-order valence-corrected chi connectivity index (χ1v) is 5.15. The summed E-state index contributed by atoms with van der Waals surface area (Å²) in [5.41, 5.74) is 1.53. The van der Waals surface area contributed by atoms with E-state index in [0.29, 0.717) is 5.69 Å². The molecule has 5 nitrogen and oxygen atoms in total.